The predicted octanol–water partition coefficient (Wildman–Crippen LogP) is 0.0406. The summed E-state index contributed by atoms with van der Waals surface area (Å²) in [5, 5.41) is 11.4. The van der Waals surface area contributed by atoms with E-state index in [1.165, 1.54) is 10.6 Å². The summed E-state index contributed by atoms with van der Waals surface area (Å²) in [5.74, 6) is -0.146. The van der Waals surface area contributed by atoms with Gasteiger partial charge in [0, 0.05) is 12.7 Å². The largest absolute Gasteiger partial charge is 0.349 e. The molecule has 136 valence electrons. The second-order valence-corrected chi connectivity index (χ2v) is 8.32. The van der Waals surface area contributed by atoms with Crippen LogP contribution in [-0.4, -0.2) is 51.0 Å². The normalized spacial score (nSPS) is 16.4. The highest BCUT2D eigenvalue weighted by Gasteiger charge is 2.24. The minimum absolute atomic E-state index is 0.146. The molecule has 1 aliphatic rings. The maximum atomic E-state index is 12.3. The minimum atomic E-state index is -3.21. The van der Waals surface area contributed by atoms with E-state index in [-0.39, 0.29) is 5.91 Å². The third-order valence-corrected chi connectivity index (χ3v) is 5.48. The first kappa shape index (κ1) is 17.6. The maximum Gasteiger partial charge on any atom is 0.244 e. The SMILES string of the molecule is Cc1cnn(C(C)C(=O)NCc2cc3n(n2)CCN(S(C)(=O)=O)C3)c1. The van der Waals surface area contributed by atoms with Crippen molar-refractivity contribution in [3.63, 3.8) is 0 Å². The monoisotopic (exact) mass is 366 g/mol. The summed E-state index contributed by atoms with van der Waals surface area (Å²) in [5.41, 5.74) is 2.54. The van der Waals surface area contributed by atoms with Crippen LogP contribution in [0.1, 0.15) is 29.9 Å². The number of aromatic nitrogens is 4. The number of sulfonamides is 1. The highest BCUT2D eigenvalue weighted by Crippen LogP contribution is 2.16. The molecule has 0 fully saturated rings. The molecule has 0 saturated carbocycles. The lowest BCUT2D eigenvalue weighted by atomic mass is 10.3. The zero-order chi connectivity index (χ0) is 18.2. The van der Waals surface area contributed by atoms with E-state index >= 15 is 0 Å². The number of hydrogen-bond acceptors (Lipinski definition) is 5. The van der Waals surface area contributed by atoms with E-state index in [2.05, 4.69) is 15.5 Å². The average molecular weight is 366 g/mol. The van der Waals surface area contributed by atoms with E-state index in [0.717, 1.165) is 11.3 Å². The van der Waals surface area contributed by atoms with Gasteiger partial charge in [-0.15, -0.1) is 0 Å². The van der Waals surface area contributed by atoms with Crippen molar-refractivity contribution < 1.29 is 13.2 Å². The summed E-state index contributed by atoms with van der Waals surface area (Å²) in [6.07, 6.45) is 4.73. The number of nitrogens with one attached hydrogen (secondary N) is 1. The van der Waals surface area contributed by atoms with Crippen LogP contribution in [-0.2, 0) is 34.5 Å². The molecular formula is C15H22N6O3S. The summed E-state index contributed by atoms with van der Waals surface area (Å²) in [7, 11) is -3.21. The van der Waals surface area contributed by atoms with Gasteiger partial charge >= 0.3 is 0 Å². The molecule has 0 spiro atoms. The smallest absolute Gasteiger partial charge is 0.244 e. The first-order chi connectivity index (χ1) is 11.7. The molecule has 1 amide bonds. The summed E-state index contributed by atoms with van der Waals surface area (Å²) in [4.78, 5) is 12.3. The molecule has 1 unspecified atom stereocenters. The first-order valence-corrected chi connectivity index (χ1v) is 9.88. The van der Waals surface area contributed by atoms with Crippen LogP contribution in [0.4, 0.5) is 0 Å². The van der Waals surface area contributed by atoms with Crippen molar-refractivity contribution in [2.24, 2.45) is 0 Å². The minimum Gasteiger partial charge on any atom is -0.349 e. The standard InChI is InChI=1S/C15H22N6O3S/c1-11-7-17-21(9-11)12(2)15(22)16-8-13-6-14-10-19(25(3,23)24)4-5-20(14)18-13/h6-7,9,12H,4-5,8,10H2,1-3H3,(H,16,22). The van der Waals surface area contributed by atoms with E-state index in [9.17, 15) is 13.2 Å². The Kier molecular flexibility index (Phi) is 4.65. The van der Waals surface area contributed by atoms with Gasteiger partial charge in [0.2, 0.25) is 15.9 Å². The Balaban J connectivity index is 1.61. The average Bonchev–Trinajstić information content (AvgIpc) is 3.15. The summed E-state index contributed by atoms with van der Waals surface area (Å²) < 4.78 is 28.2. The fraction of sp³-hybridized carbons (Fsp3) is 0.533. The van der Waals surface area contributed by atoms with Crippen LogP contribution >= 0.6 is 0 Å². The summed E-state index contributed by atoms with van der Waals surface area (Å²) in [6.45, 7) is 5.23. The van der Waals surface area contributed by atoms with Crippen molar-refractivity contribution in [3.8, 4) is 0 Å². The first-order valence-electron chi connectivity index (χ1n) is 8.03. The fourth-order valence-electron chi connectivity index (χ4n) is 2.76. The molecule has 1 aliphatic heterocycles. The van der Waals surface area contributed by atoms with Gasteiger partial charge in [-0.05, 0) is 25.5 Å². The molecule has 2 aromatic heterocycles. The van der Waals surface area contributed by atoms with Crippen LogP contribution in [0.3, 0.4) is 0 Å². The summed E-state index contributed by atoms with van der Waals surface area (Å²) >= 11 is 0. The molecule has 1 N–H and O–H groups in total. The van der Waals surface area contributed by atoms with E-state index < -0.39 is 16.1 Å². The second-order valence-electron chi connectivity index (χ2n) is 6.34. The van der Waals surface area contributed by atoms with Gasteiger partial charge in [-0.3, -0.25) is 14.2 Å². The lowest BCUT2D eigenvalue weighted by molar-refractivity contribution is -0.124. The number of rotatable bonds is 5. The van der Waals surface area contributed by atoms with Crippen molar-refractivity contribution in [2.75, 3.05) is 12.8 Å². The number of hydrogen-bond donors (Lipinski definition) is 1. The Labute approximate surface area is 146 Å². The molecular weight excluding hydrogens is 344 g/mol. The lowest BCUT2D eigenvalue weighted by Gasteiger charge is -2.25. The molecule has 0 bridgehead atoms. The van der Waals surface area contributed by atoms with Gasteiger partial charge in [0.05, 0.1) is 43.5 Å². The number of fused-ring (bicyclic) bond motifs is 1. The highest BCUT2D eigenvalue weighted by atomic mass is 32.2. The van der Waals surface area contributed by atoms with Gasteiger partial charge in [-0.2, -0.15) is 14.5 Å². The van der Waals surface area contributed by atoms with Crippen LogP contribution in [0.2, 0.25) is 0 Å². The van der Waals surface area contributed by atoms with E-state index in [1.54, 1.807) is 22.5 Å². The van der Waals surface area contributed by atoms with Crippen LogP contribution < -0.4 is 5.32 Å². The topological polar surface area (TPSA) is 102 Å². The fourth-order valence-corrected chi connectivity index (χ4v) is 3.54. The van der Waals surface area contributed by atoms with Crippen molar-refractivity contribution >= 4 is 15.9 Å². The van der Waals surface area contributed by atoms with Crippen molar-refractivity contribution in [3.05, 3.63) is 35.4 Å². The molecule has 25 heavy (non-hydrogen) atoms. The Morgan fingerprint density at radius 1 is 1.40 bits per heavy atom. The van der Waals surface area contributed by atoms with Crippen LogP contribution in [0.25, 0.3) is 0 Å². The molecule has 0 saturated heterocycles. The predicted molar refractivity (Wildman–Crippen MR) is 91.0 cm³/mol. The van der Waals surface area contributed by atoms with Gasteiger partial charge < -0.3 is 5.32 Å². The van der Waals surface area contributed by atoms with Crippen LogP contribution in [0.5, 0.6) is 0 Å². The van der Waals surface area contributed by atoms with Gasteiger partial charge in [-0.1, -0.05) is 0 Å². The lowest BCUT2D eigenvalue weighted by Crippen LogP contribution is -2.37. The van der Waals surface area contributed by atoms with Crippen molar-refractivity contribution in [1.82, 2.24) is 29.2 Å². The van der Waals surface area contributed by atoms with Gasteiger partial charge in [0.15, 0.2) is 0 Å². The van der Waals surface area contributed by atoms with Crippen molar-refractivity contribution in [2.45, 2.75) is 39.5 Å². The van der Waals surface area contributed by atoms with Crippen LogP contribution in [0, 0.1) is 6.92 Å². The molecule has 3 heterocycles. The van der Waals surface area contributed by atoms with E-state index in [1.807, 2.05) is 19.2 Å². The van der Waals surface area contributed by atoms with E-state index in [0.29, 0.717) is 31.9 Å². The van der Waals surface area contributed by atoms with E-state index in [4.69, 9.17) is 0 Å². The maximum absolute atomic E-state index is 12.3. The molecule has 0 aliphatic carbocycles. The number of carbonyl (C=O) groups excluding carboxylic acids is 1. The van der Waals surface area contributed by atoms with Gasteiger partial charge in [0.1, 0.15) is 6.04 Å². The molecule has 0 aromatic carbocycles. The zero-order valence-corrected chi connectivity index (χ0v) is 15.3. The van der Waals surface area contributed by atoms with Gasteiger partial charge in [-0.25, -0.2) is 8.42 Å². The van der Waals surface area contributed by atoms with Crippen LogP contribution in [0.15, 0.2) is 18.5 Å². The molecule has 0 radical (unpaired) electrons. The molecule has 1 atom stereocenters. The number of carbonyl (C=O) groups is 1. The third kappa shape index (κ3) is 3.90. The Morgan fingerprint density at radius 3 is 2.80 bits per heavy atom. The molecule has 2 aromatic rings. The number of nitrogens with zero attached hydrogens (tertiary/aromatic N) is 5. The molecule has 3 rings (SSSR count). The quantitative estimate of drug-likeness (QED) is 0.805. The zero-order valence-electron chi connectivity index (χ0n) is 14.5. The molecule has 10 heteroatoms. The Hall–Kier alpha value is -2.20. The number of aryl methyl sites for hydroxylation is 1. The summed E-state index contributed by atoms with van der Waals surface area (Å²) in [6, 6.07) is 1.42. The van der Waals surface area contributed by atoms with Gasteiger partial charge in [0.25, 0.3) is 0 Å². The third-order valence-electron chi connectivity index (χ3n) is 4.23. The Morgan fingerprint density at radius 2 is 2.16 bits per heavy atom. The second kappa shape index (κ2) is 6.60. The number of amides is 1. The van der Waals surface area contributed by atoms with Crippen molar-refractivity contribution in [1.29, 1.82) is 0 Å². The molecule has 9 nitrogen and oxygen atoms in total. The highest BCUT2D eigenvalue weighted by molar-refractivity contribution is 7.88. The Bertz CT molecular complexity index is 885.